The Kier molecular flexibility index (Phi) is 3.29. The number of halogens is 1. The van der Waals surface area contributed by atoms with Crippen LogP contribution in [0.4, 0.5) is 0 Å². The van der Waals surface area contributed by atoms with Gasteiger partial charge < -0.3 is 9.88 Å². The first-order valence-electron chi connectivity index (χ1n) is 5.28. The molecule has 16 heavy (non-hydrogen) atoms. The zero-order valence-corrected chi connectivity index (χ0v) is 9.54. The average molecular weight is 241 g/mol. The highest BCUT2D eigenvalue weighted by Crippen LogP contribution is 2.20. The summed E-state index contributed by atoms with van der Waals surface area (Å²) in [5.74, 6) is 0.351. The molecule has 2 rings (SSSR count). The molecule has 1 atom stereocenters. The highest BCUT2D eigenvalue weighted by Gasteiger charge is 2.28. The van der Waals surface area contributed by atoms with E-state index in [1.807, 2.05) is 0 Å². The number of H-pyrrole nitrogens is 1. The van der Waals surface area contributed by atoms with Gasteiger partial charge in [0, 0.05) is 36.3 Å². The SMILES string of the molecule is O=C(c1cc[nH]c(=O)c1)N1CCCC1CCl. The topological polar surface area (TPSA) is 53.2 Å². The molecular weight excluding hydrogens is 228 g/mol. The number of hydrogen-bond acceptors (Lipinski definition) is 2. The van der Waals surface area contributed by atoms with Crippen molar-refractivity contribution in [3.05, 3.63) is 34.2 Å². The van der Waals surface area contributed by atoms with Crippen molar-refractivity contribution in [2.45, 2.75) is 18.9 Å². The molecule has 0 aliphatic carbocycles. The second-order valence-electron chi connectivity index (χ2n) is 3.89. The van der Waals surface area contributed by atoms with Gasteiger partial charge in [0.2, 0.25) is 5.56 Å². The van der Waals surface area contributed by atoms with Crippen LogP contribution in [0.15, 0.2) is 23.1 Å². The van der Waals surface area contributed by atoms with Crippen LogP contribution in [0.1, 0.15) is 23.2 Å². The molecular formula is C11H13ClN2O2. The molecule has 1 fully saturated rings. The molecule has 0 radical (unpaired) electrons. The van der Waals surface area contributed by atoms with Crippen molar-refractivity contribution in [1.82, 2.24) is 9.88 Å². The van der Waals surface area contributed by atoms with Crippen LogP contribution >= 0.6 is 11.6 Å². The number of aromatic amines is 1. The minimum absolute atomic E-state index is 0.103. The maximum atomic E-state index is 12.1. The number of pyridine rings is 1. The van der Waals surface area contributed by atoms with E-state index in [0.29, 0.717) is 11.4 Å². The largest absolute Gasteiger partial charge is 0.334 e. The first-order chi connectivity index (χ1) is 7.72. The van der Waals surface area contributed by atoms with Gasteiger partial charge in [0.15, 0.2) is 0 Å². The van der Waals surface area contributed by atoms with Crippen LogP contribution in [0.25, 0.3) is 0 Å². The number of rotatable bonds is 2. The van der Waals surface area contributed by atoms with Crippen LogP contribution < -0.4 is 5.56 Å². The van der Waals surface area contributed by atoms with E-state index < -0.39 is 0 Å². The molecule has 86 valence electrons. The quantitative estimate of drug-likeness (QED) is 0.791. The number of hydrogen-bond donors (Lipinski definition) is 1. The van der Waals surface area contributed by atoms with Gasteiger partial charge in [-0.2, -0.15) is 0 Å². The van der Waals surface area contributed by atoms with Crippen LogP contribution in [0.2, 0.25) is 0 Å². The molecule has 0 aromatic carbocycles. The third-order valence-corrected chi connectivity index (χ3v) is 3.19. The maximum absolute atomic E-state index is 12.1. The van der Waals surface area contributed by atoms with Gasteiger partial charge in [-0.1, -0.05) is 0 Å². The van der Waals surface area contributed by atoms with Crippen molar-refractivity contribution < 1.29 is 4.79 Å². The summed E-state index contributed by atoms with van der Waals surface area (Å²) in [6, 6.07) is 3.05. The summed E-state index contributed by atoms with van der Waals surface area (Å²) in [5, 5.41) is 0. The van der Waals surface area contributed by atoms with Crippen molar-refractivity contribution in [1.29, 1.82) is 0 Å². The third kappa shape index (κ3) is 2.11. The van der Waals surface area contributed by atoms with E-state index >= 15 is 0 Å². The number of aromatic nitrogens is 1. The third-order valence-electron chi connectivity index (χ3n) is 2.84. The monoisotopic (exact) mass is 240 g/mol. The summed E-state index contributed by atoms with van der Waals surface area (Å²) in [4.78, 5) is 27.4. The lowest BCUT2D eigenvalue weighted by molar-refractivity contribution is 0.0749. The number of nitrogens with one attached hydrogen (secondary N) is 1. The molecule has 1 aromatic rings. The summed E-state index contributed by atoms with van der Waals surface area (Å²) < 4.78 is 0. The van der Waals surface area contributed by atoms with E-state index in [9.17, 15) is 9.59 Å². The van der Waals surface area contributed by atoms with Crippen molar-refractivity contribution in [3.63, 3.8) is 0 Å². The van der Waals surface area contributed by atoms with Crippen LogP contribution in [-0.2, 0) is 0 Å². The number of likely N-dealkylation sites (tertiary alicyclic amines) is 1. The van der Waals surface area contributed by atoms with Gasteiger partial charge >= 0.3 is 0 Å². The van der Waals surface area contributed by atoms with Gasteiger partial charge in [-0.25, -0.2) is 0 Å². The fraction of sp³-hybridized carbons (Fsp3) is 0.455. The van der Waals surface area contributed by atoms with E-state index in [1.54, 1.807) is 11.0 Å². The van der Waals surface area contributed by atoms with Crippen molar-refractivity contribution in [2.75, 3.05) is 12.4 Å². The molecule has 1 aliphatic rings. The molecule has 1 aliphatic heterocycles. The van der Waals surface area contributed by atoms with E-state index in [0.717, 1.165) is 19.4 Å². The van der Waals surface area contributed by atoms with Crippen LogP contribution in [0.5, 0.6) is 0 Å². The molecule has 5 heteroatoms. The van der Waals surface area contributed by atoms with Crippen molar-refractivity contribution in [3.8, 4) is 0 Å². The van der Waals surface area contributed by atoms with Gasteiger partial charge in [-0.05, 0) is 18.9 Å². The minimum Gasteiger partial charge on any atom is -0.334 e. The lowest BCUT2D eigenvalue weighted by atomic mass is 10.2. The first-order valence-corrected chi connectivity index (χ1v) is 5.81. The van der Waals surface area contributed by atoms with Gasteiger partial charge in [0.1, 0.15) is 0 Å². The normalized spacial score (nSPS) is 20.1. The Morgan fingerprint density at radius 3 is 3.12 bits per heavy atom. The summed E-state index contributed by atoms with van der Waals surface area (Å²) in [5.41, 5.74) is 0.174. The lowest BCUT2D eigenvalue weighted by Gasteiger charge is -2.22. The Hall–Kier alpha value is -1.29. The molecule has 0 spiro atoms. The molecule has 1 N–H and O–H groups in total. The summed E-state index contributed by atoms with van der Waals surface area (Å²) in [6.07, 6.45) is 3.41. The summed E-state index contributed by atoms with van der Waals surface area (Å²) in [6.45, 7) is 0.725. The number of alkyl halides is 1. The zero-order valence-electron chi connectivity index (χ0n) is 8.78. The number of carbonyl (C=O) groups excluding carboxylic acids is 1. The van der Waals surface area contributed by atoms with Gasteiger partial charge in [-0.3, -0.25) is 9.59 Å². The predicted molar refractivity (Wildman–Crippen MR) is 61.8 cm³/mol. The Labute approximate surface area is 98.2 Å². The second-order valence-corrected chi connectivity index (χ2v) is 4.20. The maximum Gasteiger partial charge on any atom is 0.254 e. The highest BCUT2D eigenvalue weighted by molar-refractivity contribution is 6.18. The fourth-order valence-corrected chi connectivity index (χ4v) is 2.33. The van der Waals surface area contributed by atoms with Crippen LogP contribution in [0, 0.1) is 0 Å². The summed E-state index contributed by atoms with van der Waals surface area (Å²) >= 11 is 5.80. The molecule has 2 heterocycles. The molecule has 4 nitrogen and oxygen atoms in total. The van der Waals surface area contributed by atoms with Gasteiger partial charge in [-0.15, -0.1) is 11.6 Å². The van der Waals surface area contributed by atoms with Crippen molar-refractivity contribution >= 4 is 17.5 Å². The Morgan fingerprint density at radius 2 is 2.44 bits per heavy atom. The van der Waals surface area contributed by atoms with Crippen LogP contribution in [0.3, 0.4) is 0 Å². The van der Waals surface area contributed by atoms with E-state index in [-0.39, 0.29) is 17.5 Å². The highest BCUT2D eigenvalue weighted by atomic mass is 35.5. The average Bonchev–Trinajstić information content (AvgIpc) is 2.76. The molecule has 1 saturated heterocycles. The molecule has 1 unspecified atom stereocenters. The lowest BCUT2D eigenvalue weighted by Crippen LogP contribution is -2.36. The van der Waals surface area contributed by atoms with Gasteiger partial charge in [0.25, 0.3) is 5.91 Å². The van der Waals surface area contributed by atoms with E-state index in [4.69, 9.17) is 11.6 Å². The van der Waals surface area contributed by atoms with Crippen LogP contribution in [-0.4, -0.2) is 34.3 Å². The molecule has 1 amide bonds. The fourth-order valence-electron chi connectivity index (χ4n) is 2.01. The first kappa shape index (κ1) is 11.2. The second kappa shape index (κ2) is 4.70. The smallest absolute Gasteiger partial charge is 0.254 e. The zero-order chi connectivity index (χ0) is 11.5. The van der Waals surface area contributed by atoms with Crippen molar-refractivity contribution in [2.24, 2.45) is 0 Å². The molecule has 1 aromatic heterocycles. The molecule has 0 saturated carbocycles. The number of amides is 1. The Balaban J connectivity index is 2.22. The standard InChI is InChI=1S/C11H13ClN2O2/c12-7-9-2-1-5-14(9)11(16)8-3-4-13-10(15)6-8/h3-4,6,9H,1-2,5,7H2,(H,13,15). The number of nitrogens with zero attached hydrogens (tertiary/aromatic N) is 1. The molecule has 0 bridgehead atoms. The van der Waals surface area contributed by atoms with Gasteiger partial charge in [0.05, 0.1) is 0 Å². The summed E-state index contributed by atoms with van der Waals surface area (Å²) in [7, 11) is 0. The van der Waals surface area contributed by atoms with E-state index in [2.05, 4.69) is 4.98 Å². The number of carbonyl (C=O) groups is 1. The Morgan fingerprint density at radius 1 is 1.62 bits per heavy atom. The Bertz CT molecular complexity index is 444. The van der Waals surface area contributed by atoms with E-state index in [1.165, 1.54) is 12.3 Å². The predicted octanol–water partition coefficient (Wildman–Crippen LogP) is 1.22. The minimum atomic E-state index is -0.257.